The third-order valence-corrected chi connectivity index (χ3v) is 4.99. The van der Waals surface area contributed by atoms with Gasteiger partial charge in [0, 0.05) is 49.8 Å². The molecule has 3 rings (SSSR count). The van der Waals surface area contributed by atoms with Crippen LogP contribution in [-0.4, -0.2) is 55.8 Å². The predicted molar refractivity (Wildman–Crippen MR) is 82.9 cm³/mol. The molecule has 5 heteroatoms. The molecule has 2 saturated heterocycles. The summed E-state index contributed by atoms with van der Waals surface area (Å²) in [4.78, 5) is 2.47. The van der Waals surface area contributed by atoms with Gasteiger partial charge in [0.25, 0.3) is 0 Å². The van der Waals surface area contributed by atoms with E-state index in [1.807, 2.05) is 17.8 Å². The first-order chi connectivity index (χ1) is 9.86. The highest BCUT2D eigenvalue weighted by Gasteiger charge is 2.24. The van der Waals surface area contributed by atoms with Crippen LogP contribution in [0.2, 0.25) is 0 Å². The van der Waals surface area contributed by atoms with E-state index in [0.717, 1.165) is 55.7 Å². The largest absolute Gasteiger partial charge is 0.493 e. The summed E-state index contributed by atoms with van der Waals surface area (Å²) in [6.45, 7) is 5.26. The number of para-hydroxylation sites is 1. The topological polar surface area (TPSA) is 33.7 Å². The van der Waals surface area contributed by atoms with Crippen LogP contribution in [0.15, 0.2) is 18.2 Å². The zero-order valence-electron chi connectivity index (χ0n) is 11.9. The normalized spacial score (nSPS) is 20.4. The molecule has 1 N–H and O–H groups in total. The van der Waals surface area contributed by atoms with Crippen molar-refractivity contribution in [1.82, 2.24) is 10.2 Å². The average molecular weight is 294 g/mol. The Morgan fingerprint density at radius 2 is 2.10 bits per heavy atom. The van der Waals surface area contributed by atoms with Gasteiger partial charge in [0.2, 0.25) is 0 Å². The Bertz CT molecular complexity index is 445. The van der Waals surface area contributed by atoms with Crippen molar-refractivity contribution in [3.63, 3.8) is 0 Å². The Kier molecular flexibility index (Phi) is 4.70. The molecule has 0 atom stereocenters. The van der Waals surface area contributed by atoms with Gasteiger partial charge in [-0.15, -0.1) is 0 Å². The fraction of sp³-hybridized carbons (Fsp3) is 0.600. The molecule has 2 aliphatic heterocycles. The number of piperazine rings is 1. The fourth-order valence-electron chi connectivity index (χ4n) is 2.54. The van der Waals surface area contributed by atoms with E-state index >= 15 is 0 Å². The van der Waals surface area contributed by atoms with Gasteiger partial charge >= 0.3 is 0 Å². The van der Waals surface area contributed by atoms with E-state index in [1.165, 1.54) is 5.56 Å². The maximum absolute atomic E-state index is 6.16. The van der Waals surface area contributed by atoms with Crippen LogP contribution in [0, 0.1) is 0 Å². The molecule has 0 saturated carbocycles. The lowest BCUT2D eigenvalue weighted by molar-refractivity contribution is 0.207. The van der Waals surface area contributed by atoms with Gasteiger partial charge < -0.3 is 14.8 Å². The van der Waals surface area contributed by atoms with Crippen molar-refractivity contribution in [1.29, 1.82) is 0 Å². The number of benzene rings is 1. The van der Waals surface area contributed by atoms with Crippen LogP contribution in [0.5, 0.6) is 11.5 Å². The summed E-state index contributed by atoms with van der Waals surface area (Å²) in [6, 6.07) is 6.20. The molecule has 110 valence electrons. The minimum absolute atomic E-state index is 0.345. The number of ether oxygens (including phenoxy) is 2. The van der Waals surface area contributed by atoms with Gasteiger partial charge in [0.05, 0.1) is 7.11 Å². The van der Waals surface area contributed by atoms with Crippen molar-refractivity contribution in [3.05, 3.63) is 23.8 Å². The minimum atomic E-state index is 0.345. The van der Waals surface area contributed by atoms with Crippen molar-refractivity contribution in [2.75, 3.05) is 44.8 Å². The highest BCUT2D eigenvalue weighted by atomic mass is 32.2. The van der Waals surface area contributed by atoms with E-state index < -0.39 is 0 Å². The molecule has 0 amide bonds. The molecule has 1 aromatic rings. The van der Waals surface area contributed by atoms with E-state index in [4.69, 9.17) is 9.47 Å². The summed E-state index contributed by atoms with van der Waals surface area (Å²) in [5.41, 5.74) is 1.24. The standard InChI is InChI=1S/C15H22N2O2S/c1-18-14-4-2-3-12(9-17-7-5-16-6-8-17)15(14)19-13-10-20-11-13/h2-4,13,16H,5-11H2,1H3. The predicted octanol–water partition coefficient (Wildman–Crippen LogP) is 1.59. The first kappa shape index (κ1) is 14.0. The van der Waals surface area contributed by atoms with Crippen molar-refractivity contribution >= 4 is 11.8 Å². The monoisotopic (exact) mass is 294 g/mol. The quantitative estimate of drug-likeness (QED) is 0.892. The van der Waals surface area contributed by atoms with Gasteiger partial charge in [-0.1, -0.05) is 12.1 Å². The maximum Gasteiger partial charge on any atom is 0.166 e. The molecule has 0 bridgehead atoms. The summed E-state index contributed by atoms with van der Waals surface area (Å²) in [5.74, 6) is 3.98. The molecule has 0 aliphatic carbocycles. The second kappa shape index (κ2) is 6.70. The number of nitrogens with zero attached hydrogens (tertiary/aromatic N) is 1. The lowest BCUT2D eigenvalue weighted by Gasteiger charge is -2.30. The molecule has 0 aromatic heterocycles. The van der Waals surface area contributed by atoms with E-state index in [-0.39, 0.29) is 0 Å². The SMILES string of the molecule is COc1cccc(CN2CCNCC2)c1OC1CSC1. The molecule has 0 spiro atoms. The van der Waals surface area contributed by atoms with Crippen molar-refractivity contribution in [3.8, 4) is 11.5 Å². The third-order valence-electron chi connectivity index (χ3n) is 3.78. The Morgan fingerprint density at radius 1 is 1.30 bits per heavy atom. The minimum Gasteiger partial charge on any atom is -0.493 e. The Hall–Kier alpha value is -0.910. The Morgan fingerprint density at radius 3 is 2.75 bits per heavy atom. The molecule has 2 fully saturated rings. The highest BCUT2D eigenvalue weighted by Crippen LogP contribution is 2.35. The molecule has 2 heterocycles. The van der Waals surface area contributed by atoms with Gasteiger partial charge in [-0.25, -0.2) is 0 Å². The highest BCUT2D eigenvalue weighted by molar-refractivity contribution is 8.00. The number of thioether (sulfide) groups is 1. The zero-order valence-corrected chi connectivity index (χ0v) is 12.7. The van der Waals surface area contributed by atoms with Gasteiger partial charge in [-0.3, -0.25) is 4.90 Å². The summed E-state index contributed by atoms with van der Waals surface area (Å²) >= 11 is 1.93. The van der Waals surface area contributed by atoms with Crippen LogP contribution in [-0.2, 0) is 6.54 Å². The van der Waals surface area contributed by atoms with Crippen molar-refractivity contribution < 1.29 is 9.47 Å². The van der Waals surface area contributed by atoms with E-state index in [2.05, 4.69) is 22.3 Å². The molecular weight excluding hydrogens is 272 g/mol. The first-order valence-electron chi connectivity index (χ1n) is 7.20. The molecular formula is C15H22N2O2S. The van der Waals surface area contributed by atoms with Gasteiger partial charge in [-0.2, -0.15) is 11.8 Å². The number of hydrogen-bond acceptors (Lipinski definition) is 5. The fourth-order valence-corrected chi connectivity index (χ4v) is 3.10. The summed E-state index contributed by atoms with van der Waals surface area (Å²) < 4.78 is 11.6. The van der Waals surface area contributed by atoms with Gasteiger partial charge in [-0.05, 0) is 6.07 Å². The second-order valence-corrected chi connectivity index (χ2v) is 6.33. The number of hydrogen-bond donors (Lipinski definition) is 1. The Balaban J connectivity index is 1.76. The Labute approximate surface area is 124 Å². The lowest BCUT2D eigenvalue weighted by Crippen LogP contribution is -2.43. The third kappa shape index (κ3) is 3.22. The van der Waals surface area contributed by atoms with Crippen LogP contribution in [0.3, 0.4) is 0 Å². The van der Waals surface area contributed by atoms with Crippen LogP contribution in [0.1, 0.15) is 5.56 Å². The molecule has 0 unspecified atom stereocenters. The van der Waals surface area contributed by atoms with Crippen molar-refractivity contribution in [2.45, 2.75) is 12.6 Å². The zero-order chi connectivity index (χ0) is 13.8. The van der Waals surface area contributed by atoms with Crippen LogP contribution in [0.4, 0.5) is 0 Å². The molecule has 4 nitrogen and oxygen atoms in total. The van der Waals surface area contributed by atoms with E-state index in [1.54, 1.807) is 7.11 Å². The molecule has 0 radical (unpaired) electrons. The van der Waals surface area contributed by atoms with Gasteiger partial charge in [0.1, 0.15) is 6.10 Å². The molecule has 1 aromatic carbocycles. The number of rotatable bonds is 5. The van der Waals surface area contributed by atoms with Crippen LogP contribution < -0.4 is 14.8 Å². The van der Waals surface area contributed by atoms with E-state index in [0.29, 0.717) is 6.10 Å². The average Bonchev–Trinajstić information content (AvgIpc) is 2.45. The second-order valence-electron chi connectivity index (χ2n) is 5.25. The summed E-state index contributed by atoms with van der Waals surface area (Å²) in [7, 11) is 1.71. The number of nitrogens with one attached hydrogen (secondary N) is 1. The number of methoxy groups -OCH3 is 1. The molecule has 20 heavy (non-hydrogen) atoms. The summed E-state index contributed by atoms with van der Waals surface area (Å²) in [6.07, 6.45) is 0.345. The smallest absolute Gasteiger partial charge is 0.166 e. The molecule has 2 aliphatic rings. The van der Waals surface area contributed by atoms with Crippen molar-refractivity contribution in [2.24, 2.45) is 0 Å². The lowest BCUT2D eigenvalue weighted by atomic mass is 10.1. The van der Waals surface area contributed by atoms with Crippen LogP contribution in [0.25, 0.3) is 0 Å². The van der Waals surface area contributed by atoms with Crippen LogP contribution >= 0.6 is 11.8 Å². The van der Waals surface area contributed by atoms with Gasteiger partial charge in [0.15, 0.2) is 11.5 Å². The maximum atomic E-state index is 6.16. The van der Waals surface area contributed by atoms with E-state index in [9.17, 15) is 0 Å². The first-order valence-corrected chi connectivity index (χ1v) is 8.35. The summed E-state index contributed by atoms with van der Waals surface area (Å²) in [5, 5.41) is 3.39.